The van der Waals surface area contributed by atoms with Crippen molar-refractivity contribution < 1.29 is 23.9 Å². The number of hydrogen-bond acceptors (Lipinski definition) is 6. The van der Waals surface area contributed by atoms with Gasteiger partial charge in [-0.1, -0.05) is 36.4 Å². The van der Waals surface area contributed by atoms with E-state index in [2.05, 4.69) is 21.3 Å². The van der Waals surface area contributed by atoms with Crippen molar-refractivity contribution in [3.8, 4) is 5.75 Å². The van der Waals surface area contributed by atoms with Crippen molar-refractivity contribution in [2.75, 3.05) is 28.3 Å². The highest BCUT2D eigenvalue weighted by molar-refractivity contribution is 8.00. The average Bonchev–Trinajstić information content (AvgIpc) is 3.02. The number of ether oxygens (including phenoxy) is 1. The van der Waals surface area contributed by atoms with Crippen LogP contribution in [0.2, 0.25) is 0 Å². The third-order valence-corrected chi connectivity index (χ3v) is 7.03. The summed E-state index contributed by atoms with van der Waals surface area (Å²) in [6.07, 6.45) is 1.58. The zero-order valence-electron chi connectivity index (χ0n) is 24.3. The Balaban J connectivity index is 1.40. The summed E-state index contributed by atoms with van der Waals surface area (Å²) >= 11 is 1.34. The number of carbonyl (C=O) groups is 4. The second-order valence-electron chi connectivity index (χ2n) is 9.42. The Morgan fingerprint density at radius 3 is 1.98 bits per heavy atom. The monoisotopic (exact) mass is 608 g/mol. The van der Waals surface area contributed by atoms with E-state index in [0.717, 1.165) is 4.90 Å². The first kappa shape index (κ1) is 31.6. The van der Waals surface area contributed by atoms with Crippen LogP contribution < -0.4 is 26.0 Å². The maximum Gasteiger partial charge on any atom is 0.272 e. The highest BCUT2D eigenvalue weighted by Gasteiger charge is 2.16. The van der Waals surface area contributed by atoms with Gasteiger partial charge in [0.25, 0.3) is 11.8 Å². The minimum atomic E-state index is -0.509. The second-order valence-corrected chi connectivity index (χ2v) is 10.5. The van der Waals surface area contributed by atoms with Gasteiger partial charge in [0.2, 0.25) is 11.8 Å². The fraction of sp³-hybridized carbons (Fsp3) is 0.118. The van der Waals surface area contributed by atoms with Crippen LogP contribution in [-0.4, -0.2) is 36.0 Å². The molecule has 0 saturated carbocycles. The Morgan fingerprint density at radius 2 is 1.32 bits per heavy atom. The van der Waals surface area contributed by atoms with Crippen LogP contribution >= 0.6 is 11.8 Å². The molecule has 10 heteroatoms. The maximum atomic E-state index is 13.4. The van der Waals surface area contributed by atoms with Gasteiger partial charge in [-0.05, 0) is 79.7 Å². The summed E-state index contributed by atoms with van der Waals surface area (Å²) < 4.78 is 5.70. The highest BCUT2D eigenvalue weighted by atomic mass is 32.2. The van der Waals surface area contributed by atoms with E-state index in [1.54, 1.807) is 91.0 Å². The first-order valence-electron chi connectivity index (χ1n) is 13.8. The summed E-state index contributed by atoms with van der Waals surface area (Å²) in [4.78, 5) is 50.7. The fourth-order valence-corrected chi connectivity index (χ4v) is 4.70. The number of anilines is 3. The number of benzene rings is 4. The number of carbonyl (C=O) groups excluding carboxylic acids is 4. The Bertz CT molecular complexity index is 1640. The van der Waals surface area contributed by atoms with Gasteiger partial charge < -0.3 is 26.0 Å². The first-order valence-corrected chi connectivity index (χ1v) is 14.8. The highest BCUT2D eigenvalue weighted by Crippen LogP contribution is 2.23. The Hall–Kier alpha value is -5.35. The van der Waals surface area contributed by atoms with E-state index in [4.69, 9.17) is 4.74 Å². The Labute approximate surface area is 260 Å². The molecule has 0 unspecified atom stereocenters. The molecule has 0 spiro atoms. The summed E-state index contributed by atoms with van der Waals surface area (Å²) in [5.41, 5.74) is 2.88. The topological polar surface area (TPSA) is 126 Å². The van der Waals surface area contributed by atoms with Crippen LogP contribution in [0.1, 0.15) is 29.8 Å². The van der Waals surface area contributed by atoms with Gasteiger partial charge in [0.1, 0.15) is 11.4 Å². The SMILES string of the molecule is CCOc1ccccc1/C=C(\NC(=O)c1ccccc1)C(=O)Nc1ccc(SCC(=O)Nc2ccc(NC(C)=O)cc2)cc1. The molecule has 44 heavy (non-hydrogen) atoms. The molecule has 0 atom stereocenters. The van der Waals surface area contributed by atoms with Crippen LogP contribution in [0.5, 0.6) is 5.75 Å². The normalized spacial score (nSPS) is 10.8. The van der Waals surface area contributed by atoms with E-state index < -0.39 is 11.8 Å². The van der Waals surface area contributed by atoms with E-state index in [9.17, 15) is 19.2 Å². The van der Waals surface area contributed by atoms with Gasteiger partial charge in [0, 0.05) is 40.0 Å². The van der Waals surface area contributed by atoms with Gasteiger partial charge in [-0.3, -0.25) is 19.2 Å². The van der Waals surface area contributed by atoms with Crippen LogP contribution in [0.15, 0.2) is 114 Å². The van der Waals surface area contributed by atoms with Gasteiger partial charge >= 0.3 is 0 Å². The number of para-hydroxylation sites is 1. The third-order valence-electron chi connectivity index (χ3n) is 6.02. The lowest BCUT2D eigenvalue weighted by atomic mass is 10.1. The molecule has 0 aliphatic carbocycles. The second kappa shape index (κ2) is 15.8. The van der Waals surface area contributed by atoms with Crippen molar-refractivity contribution in [1.82, 2.24) is 5.32 Å². The number of thioether (sulfide) groups is 1. The summed E-state index contributed by atoms with van der Waals surface area (Å²) in [6, 6.07) is 29.8. The minimum Gasteiger partial charge on any atom is -0.493 e. The molecule has 0 aliphatic heterocycles. The van der Waals surface area contributed by atoms with Crippen LogP contribution in [0.4, 0.5) is 17.1 Å². The van der Waals surface area contributed by atoms with Crippen molar-refractivity contribution in [1.29, 1.82) is 0 Å². The number of hydrogen-bond donors (Lipinski definition) is 4. The molecule has 0 aliphatic rings. The van der Waals surface area contributed by atoms with Crippen LogP contribution in [0, 0.1) is 0 Å². The Kier molecular flexibility index (Phi) is 11.3. The Morgan fingerprint density at radius 1 is 0.727 bits per heavy atom. The lowest BCUT2D eigenvalue weighted by Gasteiger charge is -2.13. The first-order chi connectivity index (χ1) is 21.3. The molecule has 4 N–H and O–H groups in total. The summed E-state index contributed by atoms with van der Waals surface area (Å²) in [5, 5.41) is 11.1. The number of rotatable bonds is 12. The zero-order valence-corrected chi connectivity index (χ0v) is 25.1. The maximum absolute atomic E-state index is 13.4. The quantitative estimate of drug-likeness (QED) is 0.112. The fourth-order valence-electron chi connectivity index (χ4n) is 4.00. The largest absolute Gasteiger partial charge is 0.493 e. The van der Waals surface area contributed by atoms with E-state index >= 15 is 0 Å². The minimum absolute atomic E-state index is 0.0474. The van der Waals surface area contributed by atoms with Gasteiger partial charge in [-0.15, -0.1) is 11.8 Å². The summed E-state index contributed by atoms with van der Waals surface area (Å²) in [5.74, 6) is -0.521. The lowest BCUT2D eigenvalue weighted by Crippen LogP contribution is -2.30. The van der Waals surface area contributed by atoms with Crippen LogP contribution in [-0.2, 0) is 14.4 Å². The predicted molar refractivity (Wildman–Crippen MR) is 175 cm³/mol. The smallest absolute Gasteiger partial charge is 0.272 e. The molecule has 4 rings (SSSR count). The molecule has 0 aromatic heterocycles. The van der Waals surface area contributed by atoms with Crippen molar-refractivity contribution in [3.63, 3.8) is 0 Å². The molecular formula is C34H32N4O5S. The van der Waals surface area contributed by atoms with Crippen molar-refractivity contribution in [3.05, 3.63) is 120 Å². The molecule has 4 aromatic rings. The third kappa shape index (κ3) is 9.60. The molecular weight excluding hydrogens is 576 g/mol. The zero-order chi connectivity index (χ0) is 31.3. The molecule has 9 nitrogen and oxygen atoms in total. The molecule has 0 saturated heterocycles. The number of nitrogens with one attached hydrogen (secondary N) is 4. The van der Waals surface area contributed by atoms with E-state index in [-0.39, 0.29) is 23.3 Å². The molecule has 0 radical (unpaired) electrons. The molecule has 0 fully saturated rings. The lowest BCUT2D eigenvalue weighted by molar-refractivity contribution is -0.114. The predicted octanol–water partition coefficient (Wildman–Crippen LogP) is 6.18. The van der Waals surface area contributed by atoms with E-state index in [1.807, 2.05) is 25.1 Å². The van der Waals surface area contributed by atoms with Gasteiger partial charge in [-0.25, -0.2) is 0 Å². The van der Waals surface area contributed by atoms with Gasteiger partial charge in [-0.2, -0.15) is 0 Å². The van der Waals surface area contributed by atoms with Gasteiger partial charge in [0.15, 0.2) is 0 Å². The van der Waals surface area contributed by atoms with E-state index in [0.29, 0.717) is 40.5 Å². The van der Waals surface area contributed by atoms with Crippen LogP contribution in [0.25, 0.3) is 6.08 Å². The van der Waals surface area contributed by atoms with Gasteiger partial charge in [0.05, 0.1) is 12.4 Å². The average molecular weight is 609 g/mol. The summed E-state index contributed by atoms with van der Waals surface area (Å²) in [6.45, 7) is 3.75. The molecule has 0 bridgehead atoms. The summed E-state index contributed by atoms with van der Waals surface area (Å²) in [7, 11) is 0. The van der Waals surface area contributed by atoms with Crippen molar-refractivity contribution >= 4 is 58.5 Å². The van der Waals surface area contributed by atoms with Crippen LogP contribution in [0.3, 0.4) is 0 Å². The van der Waals surface area contributed by atoms with E-state index in [1.165, 1.54) is 18.7 Å². The molecule has 224 valence electrons. The number of amides is 4. The molecule has 4 aromatic carbocycles. The standard InChI is InChI=1S/C34H32N4O5S/c1-3-43-31-12-8-7-11-25(31)21-30(38-33(41)24-9-5-4-6-10-24)34(42)37-28-17-19-29(20-18-28)44-22-32(40)36-27-15-13-26(14-16-27)35-23(2)39/h4-21H,3,22H2,1-2H3,(H,35,39)(H,36,40)(H,37,42)(H,38,41)/b30-21-. The molecule has 0 heterocycles. The molecule has 4 amide bonds. The van der Waals surface area contributed by atoms with Crippen molar-refractivity contribution in [2.45, 2.75) is 18.7 Å². The van der Waals surface area contributed by atoms with Crippen molar-refractivity contribution in [2.24, 2.45) is 0 Å².